The summed E-state index contributed by atoms with van der Waals surface area (Å²) in [5, 5.41) is 0. The van der Waals surface area contributed by atoms with Crippen LogP contribution in [0.4, 0.5) is 0 Å². The van der Waals surface area contributed by atoms with E-state index in [4.69, 9.17) is 0 Å². The molecule has 0 aromatic carbocycles. The van der Waals surface area contributed by atoms with Crippen LogP contribution in [0.2, 0.25) is 11.6 Å². The Balaban J connectivity index is 1.53. The Morgan fingerprint density at radius 2 is 1.12 bits per heavy atom. The molecule has 0 aliphatic heterocycles. The zero-order valence-corrected chi connectivity index (χ0v) is 18.4. The molecule has 0 nitrogen and oxygen atoms in total. The molecule has 0 unspecified atom stereocenters. The van der Waals surface area contributed by atoms with Gasteiger partial charge in [-0.1, -0.05) is 67.2 Å². The Labute approximate surface area is 159 Å². The fourth-order valence-electron chi connectivity index (χ4n) is 8.19. The first-order valence-electron chi connectivity index (χ1n) is 10.9. The van der Waals surface area contributed by atoms with E-state index in [2.05, 4.69) is 57.3 Å². The minimum absolute atomic E-state index is 0.630. The van der Waals surface area contributed by atoms with Crippen molar-refractivity contribution < 1.29 is 0 Å². The monoisotopic (exact) mass is 392 g/mol. The highest BCUT2D eigenvalue weighted by atomic mass is 79.9. The van der Waals surface area contributed by atoms with Gasteiger partial charge >= 0.3 is 0 Å². The van der Waals surface area contributed by atoms with Crippen LogP contribution in [0.1, 0.15) is 80.1 Å². The van der Waals surface area contributed by atoms with Crippen molar-refractivity contribution in [2.24, 2.45) is 46.3 Å². The predicted octanol–water partition coefficient (Wildman–Crippen LogP) is 7.30. The Kier molecular flexibility index (Phi) is 4.31. The molecule has 0 aromatic rings. The average Bonchev–Trinajstić information content (AvgIpc) is 2.59. The second-order valence-corrected chi connectivity index (χ2v) is 12.2. The second-order valence-electron chi connectivity index (χ2n) is 11.1. The summed E-state index contributed by atoms with van der Waals surface area (Å²) in [5.74, 6) is 7.85. The van der Waals surface area contributed by atoms with E-state index in [1.807, 2.05) is 0 Å². The van der Waals surface area contributed by atoms with Crippen LogP contribution < -0.4 is 0 Å². The van der Waals surface area contributed by atoms with Gasteiger partial charge in [0.25, 0.3) is 0 Å². The molecule has 8 atom stereocenters. The quantitative estimate of drug-likeness (QED) is 0.440. The van der Waals surface area contributed by atoms with E-state index in [1.54, 1.807) is 0 Å². The van der Waals surface area contributed by atoms with Crippen molar-refractivity contribution in [2.45, 2.75) is 91.7 Å². The van der Waals surface area contributed by atoms with Crippen LogP contribution in [-0.2, 0) is 0 Å². The maximum Gasteiger partial charge on any atom is 0.229 e. The molecule has 0 N–H and O–H groups in total. The molecule has 0 heterocycles. The summed E-state index contributed by atoms with van der Waals surface area (Å²) in [6.07, 6.45) is 8.86. The van der Waals surface area contributed by atoms with E-state index in [0.29, 0.717) is 10.8 Å². The summed E-state index contributed by atoms with van der Waals surface area (Å²) in [7, 11) is 0. The SMILES string of the molecule is CC[C@H]1[C@H]2C[C@H](C[C@H]1B(Br)[C@@H]1C[C@H]3C[C@H]([C@@H]1CC)C3(C)C)C2(C)C. The van der Waals surface area contributed by atoms with Crippen molar-refractivity contribution in [3.8, 4) is 0 Å². The van der Waals surface area contributed by atoms with Crippen molar-refractivity contribution in [1.82, 2.24) is 0 Å². The Morgan fingerprint density at radius 1 is 0.750 bits per heavy atom. The minimum Gasteiger partial charge on any atom is -0.156 e. The van der Waals surface area contributed by atoms with Gasteiger partial charge in [-0.05, 0) is 70.8 Å². The Bertz CT molecular complexity index is 454. The molecule has 0 radical (unpaired) electrons. The van der Waals surface area contributed by atoms with Gasteiger partial charge in [-0.2, -0.15) is 15.8 Å². The van der Waals surface area contributed by atoms with Crippen LogP contribution >= 0.6 is 15.8 Å². The van der Waals surface area contributed by atoms with Gasteiger partial charge in [0, 0.05) is 0 Å². The fourth-order valence-corrected chi connectivity index (χ4v) is 9.41. The maximum atomic E-state index is 4.33. The summed E-state index contributed by atoms with van der Waals surface area (Å²) < 4.78 is 0. The number of hydrogen-bond donors (Lipinski definition) is 0. The normalized spacial score (nSPS) is 50.6. The largest absolute Gasteiger partial charge is 0.229 e. The highest BCUT2D eigenvalue weighted by molar-refractivity contribution is 9.24. The van der Waals surface area contributed by atoms with Gasteiger partial charge in [0.1, 0.15) is 0 Å². The molecule has 6 aliphatic carbocycles. The lowest BCUT2D eigenvalue weighted by molar-refractivity contribution is -0.113. The number of fused-ring (bicyclic) bond motifs is 4. The highest BCUT2D eigenvalue weighted by Crippen LogP contribution is 2.70. The third-order valence-corrected chi connectivity index (χ3v) is 11.5. The second kappa shape index (κ2) is 5.77. The summed E-state index contributed by atoms with van der Waals surface area (Å²) in [4.78, 5) is 0. The van der Waals surface area contributed by atoms with Crippen molar-refractivity contribution in [2.75, 3.05) is 0 Å². The minimum atomic E-state index is 0.630. The van der Waals surface area contributed by atoms with Gasteiger partial charge in [-0.15, -0.1) is 0 Å². The molecule has 6 aliphatic rings. The number of rotatable bonds is 4. The first-order chi connectivity index (χ1) is 11.2. The van der Waals surface area contributed by atoms with E-state index in [0.717, 1.165) is 52.7 Å². The maximum absolute atomic E-state index is 4.33. The van der Waals surface area contributed by atoms with Gasteiger partial charge in [0.15, 0.2) is 0 Å². The van der Waals surface area contributed by atoms with Crippen LogP contribution in [0.3, 0.4) is 0 Å². The third kappa shape index (κ3) is 2.23. The van der Waals surface area contributed by atoms with Gasteiger partial charge in [-0.25, -0.2) is 0 Å². The molecule has 2 heteroatoms. The third-order valence-electron chi connectivity index (χ3n) is 10.1. The summed E-state index contributed by atoms with van der Waals surface area (Å²) in [6, 6.07) is 0. The van der Waals surface area contributed by atoms with Gasteiger partial charge in [-0.3, -0.25) is 0 Å². The van der Waals surface area contributed by atoms with E-state index in [-0.39, 0.29) is 0 Å². The molecule has 6 saturated carbocycles. The molecule has 0 aromatic heterocycles. The molecular formula is C22H38BBr. The van der Waals surface area contributed by atoms with Crippen molar-refractivity contribution in [3.63, 3.8) is 0 Å². The zero-order valence-electron chi connectivity index (χ0n) is 16.8. The van der Waals surface area contributed by atoms with Crippen molar-refractivity contribution >= 4 is 21.3 Å². The van der Waals surface area contributed by atoms with Crippen LogP contribution in [0.25, 0.3) is 0 Å². The molecular weight excluding hydrogens is 355 g/mol. The number of halogens is 1. The van der Waals surface area contributed by atoms with E-state index < -0.39 is 0 Å². The van der Waals surface area contributed by atoms with Crippen LogP contribution in [0.15, 0.2) is 0 Å². The van der Waals surface area contributed by atoms with Crippen LogP contribution in [-0.4, -0.2) is 5.54 Å². The molecule has 6 fully saturated rings. The molecule has 0 spiro atoms. The van der Waals surface area contributed by atoms with Gasteiger partial charge in [0.2, 0.25) is 5.54 Å². The summed E-state index contributed by atoms with van der Waals surface area (Å²) in [6.45, 7) is 15.2. The Hall–Kier alpha value is 0.545. The predicted molar refractivity (Wildman–Crippen MR) is 110 cm³/mol. The van der Waals surface area contributed by atoms with Gasteiger partial charge in [0.05, 0.1) is 0 Å². The first-order valence-corrected chi connectivity index (χ1v) is 11.8. The molecule has 24 heavy (non-hydrogen) atoms. The molecule has 0 saturated heterocycles. The lowest BCUT2D eigenvalue weighted by atomic mass is 9.30. The van der Waals surface area contributed by atoms with Crippen molar-refractivity contribution in [3.05, 3.63) is 0 Å². The lowest BCUT2D eigenvalue weighted by Gasteiger charge is -2.66. The first kappa shape index (κ1) is 17.9. The van der Waals surface area contributed by atoms with Gasteiger partial charge < -0.3 is 0 Å². The van der Waals surface area contributed by atoms with Crippen molar-refractivity contribution in [1.29, 1.82) is 0 Å². The molecule has 6 rings (SSSR count). The lowest BCUT2D eigenvalue weighted by Crippen LogP contribution is -2.59. The topological polar surface area (TPSA) is 0 Å². The molecule has 136 valence electrons. The summed E-state index contributed by atoms with van der Waals surface area (Å²) in [5.41, 5.74) is 2.05. The van der Waals surface area contributed by atoms with E-state index in [9.17, 15) is 0 Å². The molecule has 0 amide bonds. The summed E-state index contributed by atoms with van der Waals surface area (Å²) >= 11 is 4.33. The fraction of sp³-hybridized carbons (Fsp3) is 1.00. The van der Waals surface area contributed by atoms with E-state index >= 15 is 0 Å². The number of hydrogen-bond acceptors (Lipinski definition) is 0. The van der Waals surface area contributed by atoms with Crippen LogP contribution in [0, 0.1) is 46.3 Å². The smallest absolute Gasteiger partial charge is 0.156 e. The molecule has 4 bridgehead atoms. The zero-order chi connectivity index (χ0) is 17.4. The van der Waals surface area contributed by atoms with Crippen LogP contribution in [0.5, 0.6) is 0 Å². The Morgan fingerprint density at radius 3 is 1.42 bits per heavy atom. The average molecular weight is 393 g/mol. The standard InChI is InChI=1S/C22H38BBr/c1-7-15-17-9-13(21(17,3)4)11-19(15)23(24)20-12-14-10-18(16(20)8-2)22(14,5)6/h13-20H,7-12H2,1-6H3/t13-,14-,15+,16+,17-,18-,19-,20-/m1/s1. The van der Waals surface area contributed by atoms with E-state index in [1.165, 1.54) is 38.5 Å². The highest BCUT2D eigenvalue weighted by Gasteiger charge is 2.62.